The summed E-state index contributed by atoms with van der Waals surface area (Å²) in [6, 6.07) is 8.48. The quantitative estimate of drug-likeness (QED) is 0.712. The predicted octanol–water partition coefficient (Wildman–Crippen LogP) is 4.21. The molecular weight excluding hydrogens is 420 g/mol. The molecule has 0 spiro atoms. The van der Waals surface area contributed by atoms with Crippen molar-refractivity contribution < 1.29 is 8.42 Å². The van der Waals surface area contributed by atoms with Gasteiger partial charge in [-0.05, 0) is 65.2 Å². The molecule has 21 heavy (non-hydrogen) atoms. The van der Waals surface area contributed by atoms with Gasteiger partial charge in [-0.25, -0.2) is 8.42 Å². The molecule has 0 aromatic heterocycles. The van der Waals surface area contributed by atoms with Crippen molar-refractivity contribution in [1.29, 1.82) is 0 Å². The normalized spacial score (nSPS) is 11.4. The highest BCUT2D eigenvalue weighted by Gasteiger charge is 2.20. The Balaban J connectivity index is 2.46. The number of benzene rings is 2. The van der Waals surface area contributed by atoms with E-state index in [-0.39, 0.29) is 4.90 Å². The van der Waals surface area contributed by atoms with E-state index in [9.17, 15) is 8.42 Å². The van der Waals surface area contributed by atoms with E-state index in [0.717, 1.165) is 15.6 Å². The van der Waals surface area contributed by atoms with Gasteiger partial charge < -0.3 is 5.73 Å². The number of hydrogen-bond donors (Lipinski definition) is 2. The first-order valence-electron chi connectivity index (χ1n) is 6.05. The molecule has 0 amide bonds. The van der Waals surface area contributed by atoms with Crippen LogP contribution in [0.5, 0.6) is 0 Å². The Hall–Kier alpha value is -1.05. The summed E-state index contributed by atoms with van der Waals surface area (Å²) in [5, 5.41) is 0. The van der Waals surface area contributed by atoms with Crippen LogP contribution in [-0.4, -0.2) is 8.42 Å². The number of aryl methyl sites for hydroxylation is 2. The van der Waals surface area contributed by atoms with Crippen molar-refractivity contribution >= 4 is 53.3 Å². The first-order chi connectivity index (χ1) is 9.70. The first-order valence-corrected chi connectivity index (χ1v) is 9.12. The summed E-state index contributed by atoms with van der Waals surface area (Å²) in [6.45, 7) is 3.78. The van der Waals surface area contributed by atoms with Crippen molar-refractivity contribution in [1.82, 2.24) is 0 Å². The topological polar surface area (TPSA) is 72.2 Å². The van der Waals surface area contributed by atoms with Gasteiger partial charge in [0.1, 0.15) is 4.90 Å². The summed E-state index contributed by atoms with van der Waals surface area (Å²) in [5.74, 6) is 0. The fourth-order valence-electron chi connectivity index (χ4n) is 1.81. The van der Waals surface area contributed by atoms with E-state index < -0.39 is 10.0 Å². The van der Waals surface area contributed by atoms with E-state index >= 15 is 0 Å². The summed E-state index contributed by atoms with van der Waals surface area (Å²) < 4.78 is 28.8. The molecule has 2 aromatic rings. The largest absolute Gasteiger partial charge is 0.397 e. The fourth-order valence-corrected chi connectivity index (χ4v) is 4.57. The molecule has 0 saturated heterocycles. The van der Waals surface area contributed by atoms with Crippen molar-refractivity contribution in [3.63, 3.8) is 0 Å². The Morgan fingerprint density at radius 1 is 1.05 bits per heavy atom. The average Bonchev–Trinajstić information content (AvgIpc) is 2.37. The summed E-state index contributed by atoms with van der Waals surface area (Å²) in [4.78, 5) is 0.153. The molecule has 3 N–H and O–H groups in total. The van der Waals surface area contributed by atoms with Gasteiger partial charge in [-0.15, -0.1) is 0 Å². The van der Waals surface area contributed by atoms with Crippen LogP contribution < -0.4 is 10.5 Å². The molecule has 0 bridgehead atoms. The fraction of sp³-hybridized carbons (Fsp3) is 0.143. The Kier molecular flexibility index (Phi) is 4.65. The van der Waals surface area contributed by atoms with Crippen molar-refractivity contribution in [2.75, 3.05) is 10.5 Å². The number of halogens is 2. The minimum Gasteiger partial charge on any atom is -0.397 e. The number of nitrogens with two attached hydrogens (primary N) is 1. The van der Waals surface area contributed by atoms with Gasteiger partial charge in [-0.1, -0.05) is 22.0 Å². The molecule has 112 valence electrons. The van der Waals surface area contributed by atoms with Crippen LogP contribution in [0.4, 0.5) is 11.4 Å². The van der Waals surface area contributed by atoms with Gasteiger partial charge in [0, 0.05) is 8.95 Å². The minimum absolute atomic E-state index is 0.153. The molecule has 0 saturated carbocycles. The Morgan fingerprint density at radius 3 is 2.33 bits per heavy atom. The zero-order valence-electron chi connectivity index (χ0n) is 11.4. The van der Waals surface area contributed by atoms with E-state index in [1.54, 1.807) is 30.3 Å². The van der Waals surface area contributed by atoms with Crippen LogP contribution in [0.2, 0.25) is 0 Å². The van der Waals surface area contributed by atoms with E-state index in [1.165, 1.54) is 0 Å². The third kappa shape index (κ3) is 3.59. The van der Waals surface area contributed by atoms with E-state index in [4.69, 9.17) is 5.73 Å². The molecule has 2 aromatic carbocycles. The van der Waals surface area contributed by atoms with Crippen LogP contribution >= 0.6 is 31.9 Å². The Bertz CT molecular complexity index is 805. The first kappa shape index (κ1) is 16.3. The van der Waals surface area contributed by atoms with Gasteiger partial charge >= 0.3 is 0 Å². The number of rotatable bonds is 3. The van der Waals surface area contributed by atoms with Crippen LogP contribution in [0.3, 0.4) is 0 Å². The number of anilines is 2. The smallest absolute Gasteiger partial charge is 0.263 e. The molecule has 0 heterocycles. The molecule has 0 atom stereocenters. The van der Waals surface area contributed by atoms with E-state index in [1.807, 2.05) is 13.8 Å². The third-order valence-electron chi connectivity index (χ3n) is 2.95. The van der Waals surface area contributed by atoms with Crippen molar-refractivity contribution in [2.24, 2.45) is 0 Å². The molecule has 2 rings (SSSR count). The zero-order chi connectivity index (χ0) is 15.8. The maximum Gasteiger partial charge on any atom is 0.263 e. The van der Waals surface area contributed by atoms with Gasteiger partial charge in [0.25, 0.3) is 10.0 Å². The van der Waals surface area contributed by atoms with Crippen molar-refractivity contribution in [3.8, 4) is 0 Å². The monoisotopic (exact) mass is 432 g/mol. The van der Waals surface area contributed by atoms with Gasteiger partial charge in [-0.2, -0.15) is 0 Å². The molecule has 0 aliphatic heterocycles. The zero-order valence-corrected chi connectivity index (χ0v) is 15.4. The van der Waals surface area contributed by atoms with Crippen LogP contribution in [-0.2, 0) is 10.0 Å². The standard InChI is InChI=1S/C14H14Br2N2O2S/c1-8-3-4-13(12(17)5-8)18-21(19,20)14-7-10(15)9(2)6-11(14)16/h3-7,18H,17H2,1-2H3. The summed E-state index contributed by atoms with van der Waals surface area (Å²) in [5.41, 5.74) is 8.51. The second kappa shape index (κ2) is 5.98. The number of sulfonamides is 1. The minimum atomic E-state index is -3.73. The van der Waals surface area contributed by atoms with E-state index in [2.05, 4.69) is 36.6 Å². The molecule has 0 aliphatic carbocycles. The summed E-state index contributed by atoms with van der Waals surface area (Å²) >= 11 is 6.63. The second-order valence-electron chi connectivity index (χ2n) is 4.73. The van der Waals surface area contributed by atoms with Crippen LogP contribution in [0.15, 0.2) is 44.2 Å². The maximum absolute atomic E-state index is 12.5. The average molecular weight is 434 g/mol. The number of nitrogens with one attached hydrogen (secondary N) is 1. The Labute approximate surface area is 141 Å². The van der Waals surface area contributed by atoms with Gasteiger partial charge in [0.2, 0.25) is 0 Å². The molecule has 7 heteroatoms. The summed E-state index contributed by atoms with van der Waals surface area (Å²) in [6.07, 6.45) is 0. The van der Waals surface area contributed by atoms with Crippen molar-refractivity contribution in [2.45, 2.75) is 18.7 Å². The summed E-state index contributed by atoms with van der Waals surface area (Å²) in [7, 11) is -3.73. The van der Waals surface area contributed by atoms with Crippen LogP contribution in [0.25, 0.3) is 0 Å². The third-order valence-corrected chi connectivity index (χ3v) is 6.13. The SMILES string of the molecule is Cc1ccc(NS(=O)(=O)c2cc(Br)c(C)cc2Br)c(N)c1. The highest BCUT2D eigenvalue weighted by Crippen LogP contribution is 2.31. The molecule has 0 unspecified atom stereocenters. The van der Waals surface area contributed by atoms with Gasteiger partial charge in [0.05, 0.1) is 11.4 Å². The van der Waals surface area contributed by atoms with Gasteiger partial charge in [-0.3, -0.25) is 4.72 Å². The maximum atomic E-state index is 12.5. The lowest BCUT2D eigenvalue weighted by Gasteiger charge is -2.13. The van der Waals surface area contributed by atoms with Gasteiger partial charge in [0.15, 0.2) is 0 Å². The van der Waals surface area contributed by atoms with E-state index in [0.29, 0.717) is 15.8 Å². The number of hydrogen-bond acceptors (Lipinski definition) is 3. The second-order valence-corrected chi connectivity index (χ2v) is 8.09. The van der Waals surface area contributed by atoms with Crippen molar-refractivity contribution in [3.05, 3.63) is 50.4 Å². The highest BCUT2D eigenvalue weighted by atomic mass is 79.9. The Morgan fingerprint density at radius 2 is 1.71 bits per heavy atom. The van der Waals surface area contributed by atoms with Crippen LogP contribution in [0, 0.1) is 13.8 Å². The lowest BCUT2D eigenvalue weighted by atomic mass is 10.2. The number of nitrogen functional groups attached to an aromatic ring is 1. The van der Waals surface area contributed by atoms with Crippen LogP contribution in [0.1, 0.15) is 11.1 Å². The molecular formula is C14H14Br2N2O2S. The molecule has 4 nitrogen and oxygen atoms in total. The predicted molar refractivity (Wildman–Crippen MR) is 93.0 cm³/mol. The molecule has 0 aliphatic rings. The lowest BCUT2D eigenvalue weighted by molar-refractivity contribution is 0.600. The lowest BCUT2D eigenvalue weighted by Crippen LogP contribution is -2.15. The molecule has 0 fully saturated rings. The highest BCUT2D eigenvalue weighted by molar-refractivity contribution is 9.11. The molecule has 0 radical (unpaired) electrons.